The number of rotatable bonds is 6. The van der Waals surface area contributed by atoms with Gasteiger partial charge in [-0.1, -0.05) is 0 Å². The summed E-state index contributed by atoms with van der Waals surface area (Å²) in [4.78, 5) is 14.4. The van der Waals surface area contributed by atoms with Gasteiger partial charge in [0.25, 0.3) is 5.91 Å². The number of anilines is 1. The number of amides is 1. The standard InChI is InChI=1S/C12H20N4O2/c1-3-16-11(10(13)8-14-16)12(17)15(6-7-18-2)9-4-5-9/h8-9H,3-7,13H2,1-2H3. The third-order valence-corrected chi connectivity index (χ3v) is 3.15. The molecule has 2 rings (SSSR count). The normalized spacial score (nSPS) is 14.8. The number of carbonyl (C=O) groups is 1. The first-order valence-electron chi connectivity index (χ1n) is 6.30. The Morgan fingerprint density at radius 1 is 1.67 bits per heavy atom. The molecule has 0 radical (unpaired) electrons. The van der Waals surface area contributed by atoms with Crippen molar-refractivity contribution in [2.75, 3.05) is 26.0 Å². The van der Waals surface area contributed by atoms with Crippen LogP contribution in [0.3, 0.4) is 0 Å². The zero-order chi connectivity index (χ0) is 13.1. The predicted molar refractivity (Wildman–Crippen MR) is 68.2 cm³/mol. The topological polar surface area (TPSA) is 73.4 Å². The van der Waals surface area contributed by atoms with Crippen molar-refractivity contribution in [1.82, 2.24) is 14.7 Å². The van der Waals surface area contributed by atoms with E-state index in [-0.39, 0.29) is 5.91 Å². The van der Waals surface area contributed by atoms with Crippen LogP contribution in [0.4, 0.5) is 5.69 Å². The number of aryl methyl sites for hydroxylation is 1. The highest BCUT2D eigenvalue weighted by molar-refractivity contribution is 5.97. The second kappa shape index (κ2) is 5.39. The van der Waals surface area contributed by atoms with Crippen molar-refractivity contribution in [3.8, 4) is 0 Å². The van der Waals surface area contributed by atoms with E-state index in [1.54, 1.807) is 11.8 Å². The molecule has 2 N–H and O–H groups in total. The predicted octanol–water partition coefficient (Wildman–Crippen LogP) is 0.736. The van der Waals surface area contributed by atoms with Gasteiger partial charge in [-0.2, -0.15) is 5.10 Å². The SMILES string of the molecule is CCn1ncc(N)c1C(=O)N(CCOC)C1CC1. The van der Waals surface area contributed by atoms with E-state index in [1.165, 1.54) is 6.20 Å². The number of nitrogen functional groups attached to an aromatic ring is 1. The van der Waals surface area contributed by atoms with Crippen molar-refractivity contribution in [1.29, 1.82) is 0 Å². The lowest BCUT2D eigenvalue weighted by Gasteiger charge is -2.22. The Balaban J connectivity index is 2.18. The maximum absolute atomic E-state index is 12.5. The van der Waals surface area contributed by atoms with Gasteiger partial charge in [-0.15, -0.1) is 0 Å². The minimum absolute atomic E-state index is 0.0357. The van der Waals surface area contributed by atoms with Crippen molar-refractivity contribution in [2.24, 2.45) is 0 Å². The van der Waals surface area contributed by atoms with Crippen molar-refractivity contribution >= 4 is 11.6 Å². The highest BCUT2D eigenvalue weighted by Gasteiger charge is 2.34. The lowest BCUT2D eigenvalue weighted by atomic mass is 10.3. The summed E-state index contributed by atoms with van der Waals surface area (Å²) in [6.45, 7) is 3.73. The van der Waals surface area contributed by atoms with E-state index >= 15 is 0 Å². The van der Waals surface area contributed by atoms with Crippen LogP contribution in [-0.2, 0) is 11.3 Å². The lowest BCUT2D eigenvalue weighted by molar-refractivity contribution is 0.0669. The fourth-order valence-corrected chi connectivity index (χ4v) is 2.04. The molecule has 0 atom stereocenters. The summed E-state index contributed by atoms with van der Waals surface area (Å²) in [7, 11) is 1.64. The van der Waals surface area contributed by atoms with Crippen LogP contribution in [0.5, 0.6) is 0 Å². The molecule has 100 valence electrons. The number of hydrogen-bond donors (Lipinski definition) is 1. The van der Waals surface area contributed by atoms with E-state index in [0.717, 1.165) is 12.8 Å². The average Bonchev–Trinajstić information content (AvgIpc) is 3.12. The second-order valence-electron chi connectivity index (χ2n) is 4.49. The Kier molecular flexibility index (Phi) is 3.86. The molecule has 1 saturated carbocycles. The van der Waals surface area contributed by atoms with Gasteiger partial charge in [0.1, 0.15) is 5.69 Å². The summed E-state index contributed by atoms with van der Waals surface area (Å²) in [6.07, 6.45) is 3.67. The molecule has 0 aromatic carbocycles. The van der Waals surface area contributed by atoms with Crippen molar-refractivity contribution in [3.63, 3.8) is 0 Å². The summed E-state index contributed by atoms with van der Waals surface area (Å²) >= 11 is 0. The zero-order valence-corrected chi connectivity index (χ0v) is 10.9. The summed E-state index contributed by atoms with van der Waals surface area (Å²) in [5, 5.41) is 4.11. The molecule has 1 aromatic heterocycles. The molecule has 6 heteroatoms. The first-order chi connectivity index (χ1) is 8.69. The molecule has 0 aliphatic heterocycles. The number of ether oxygens (including phenoxy) is 1. The van der Waals surface area contributed by atoms with Gasteiger partial charge < -0.3 is 15.4 Å². The Morgan fingerprint density at radius 3 is 2.94 bits per heavy atom. The van der Waals surface area contributed by atoms with Crippen LogP contribution < -0.4 is 5.73 Å². The summed E-state index contributed by atoms with van der Waals surface area (Å²) in [5.74, 6) is -0.0357. The van der Waals surface area contributed by atoms with Gasteiger partial charge in [0.05, 0.1) is 18.5 Å². The molecule has 1 heterocycles. The van der Waals surface area contributed by atoms with E-state index < -0.39 is 0 Å². The number of nitrogens with two attached hydrogens (primary N) is 1. The van der Waals surface area contributed by atoms with Crippen LogP contribution in [-0.4, -0.2) is 46.9 Å². The number of carbonyl (C=O) groups excluding carboxylic acids is 1. The van der Waals surface area contributed by atoms with Crippen LogP contribution in [0.1, 0.15) is 30.3 Å². The molecule has 0 unspecified atom stereocenters. The molecule has 1 fully saturated rings. The molecule has 1 aliphatic rings. The van der Waals surface area contributed by atoms with Crippen molar-refractivity contribution in [3.05, 3.63) is 11.9 Å². The van der Waals surface area contributed by atoms with Gasteiger partial charge in [0, 0.05) is 26.2 Å². The van der Waals surface area contributed by atoms with Gasteiger partial charge in [-0.05, 0) is 19.8 Å². The second-order valence-corrected chi connectivity index (χ2v) is 4.49. The first kappa shape index (κ1) is 12.9. The third-order valence-electron chi connectivity index (χ3n) is 3.15. The van der Waals surface area contributed by atoms with Crippen LogP contribution in [0.15, 0.2) is 6.20 Å². The monoisotopic (exact) mass is 252 g/mol. The number of methoxy groups -OCH3 is 1. The van der Waals surface area contributed by atoms with Crippen LogP contribution in [0.25, 0.3) is 0 Å². The summed E-state index contributed by atoms with van der Waals surface area (Å²) < 4.78 is 6.71. The zero-order valence-electron chi connectivity index (χ0n) is 10.9. The van der Waals surface area contributed by atoms with Crippen LogP contribution in [0.2, 0.25) is 0 Å². The number of aromatic nitrogens is 2. The molecule has 1 amide bonds. The molecule has 0 spiro atoms. The third kappa shape index (κ3) is 2.48. The van der Waals surface area contributed by atoms with Crippen molar-refractivity contribution in [2.45, 2.75) is 32.4 Å². The maximum atomic E-state index is 12.5. The summed E-state index contributed by atoms with van der Waals surface area (Å²) in [6, 6.07) is 0.340. The summed E-state index contributed by atoms with van der Waals surface area (Å²) in [5.41, 5.74) is 6.79. The molecule has 1 aromatic rings. The molecule has 1 aliphatic carbocycles. The molecular weight excluding hydrogens is 232 g/mol. The fraction of sp³-hybridized carbons (Fsp3) is 0.667. The fourth-order valence-electron chi connectivity index (χ4n) is 2.04. The number of nitrogens with zero attached hydrogens (tertiary/aromatic N) is 3. The maximum Gasteiger partial charge on any atom is 0.274 e. The number of hydrogen-bond acceptors (Lipinski definition) is 4. The van der Waals surface area contributed by atoms with Gasteiger partial charge >= 0.3 is 0 Å². The largest absolute Gasteiger partial charge is 0.396 e. The van der Waals surface area contributed by atoms with Gasteiger partial charge in [0.2, 0.25) is 0 Å². The van der Waals surface area contributed by atoms with Crippen LogP contribution >= 0.6 is 0 Å². The molecule has 6 nitrogen and oxygen atoms in total. The van der Waals surface area contributed by atoms with Crippen LogP contribution in [0, 0.1) is 0 Å². The lowest BCUT2D eigenvalue weighted by Crippen LogP contribution is -2.37. The minimum Gasteiger partial charge on any atom is -0.396 e. The van der Waals surface area contributed by atoms with Gasteiger partial charge in [-0.25, -0.2) is 0 Å². The smallest absolute Gasteiger partial charge is 0.274 e. The van der Waals surface area contributed by atoms with E-state index in [4.69, 9.17) is 10.5 Å². The minimum atomic E-state index is -0.0357. The Labute approximate surface area is 107 Å². The Bertz CT molecular complexity index is 426. The van der Waals surface area contributed by atoms with Gasteiger partial charge in [0.15, 0.2) is 0 Å². The molecule has 18 heavy (non-hydrogen) atoms. The van der Waals surface area contributed by atoms with E-state index in [0.29, 0.717) is 37.1 Å². The van der Waals surface area contributed by atoms with Crippen molar-refractivity contribution < 1.29 is 9.53 Å². The average molecular weight is 252 g/mol. The quantitative estimate of drug-likeness (QED) is 0.810. The van der Waals surface area contributed by atoms with E-state index in [1.807, 2.05) is 11.8 Å². The van der Waals surface area contributed by atoms with E-state index in [9.17, 15) is 4.79 Å². The first-order valence-corrected chi connectivity index (χ1v) is 6.30. The highest BCUT2D eigenvalue weighted by atomic mass is 16.5. The Hall–Kier alpha value is -1.56. The van der Waals surface area contributed by atoms with E-state index in [2.05, 4.69) is 5.10 Å². The molecule has 0 saturated heterocycles. The highest BCUT2D eigenvalue weighted by Crippen LogP contribution is 2.29. The Morgan fingerprint density at radius 2 is 2.39 bits per heavy atom. The molecule has 0 bridgehead atoms. The van der Waals surface area contributed by atoms with Gasteiger partial charge in [-0.3, -0.25) is 9.48 Å². The molecular formula is C12H20N4O2.